The number of hydrogen-bond acceptors (Lipinski definition) is 5. The fraction of sp³-hybridized carbons (Fsp3) is 0.0526. The Bertz CT molecular complexity index is 1180. The molecule has 0 bridgehead atoms. The molecule has 7 nitrogen and oxygen atoms in total. The number of aromatic nitrogens is 4. The molecule has 1 N–H and O–H groups in total. The number of imidazole rings is 1. The monoisotopic (exact) mass is 399 g/mol. The Labute approximate surface area is 161 Å². The lowest BCUT2D eigenvalue weighted by Crippen LogP contribution is -2.17. The maximum atomic E-state index is 12.7. The van der Waals surface area contributed by atoms with Gasteiger partial charge in [0.15, 0.2) is 11.3 Å². The predicted molar refractivity (Wildman–Crippen MR) is 97.3 cm³/mol. The van der Waals surface area contributed by atoms with Crippen molar-refractivity contribution < 1.29 is 22.7 Å². The van der Waals surface area contributed by atoms with Crippen LogP contribution in [-0.2, 0) is 0 Å². The van der Waals surface area contributed by atoms with E-state index in [9.17, 15) is 18.0 Å². The average Bonchev–Trinajstić information content (AvgIpc) is 3.12. The lowest BCUT2D eigenvalue weighted by atomic mass is 10.1. The van der Waals surface area contributed by atoms with Crippen molar-refractivity contribution in [1.82, 2.24) is 19.4 Å². The molecule has 29 heavy (non-hydrogen) atoms. The van der Waals surface area contributed by atoms with Crippen molar-refractivity contribution in [3.05, 3.63) is 72.9 Å². The summed E-state index contributed by atoms with van der Waals surface area (Å²) in [6.07, 6.45) is 1.10. The molecule has 0 atom stereocenters. The predicted octanol–water partition coefficient (Wildman–Crippen LogP) is 3.94. The van der Waals surface area contributed by atoms with Gasteiger partial charge in [0.25, 0.3) is 5.91 Å². The molecule has 4 aromatic rings. The minimum absolute atomic E-state index is 0.00127. The van der Waals surface area contributed by atoms with Crippen LogP contribution < -0.4 is 10.1 Å². The largest absolute Gasteiger partial charge is 0.573 e. The third kappa shape index (κ3) is 4.00. The Morgan fingerprint density at radius 3 is 2.59 bits per heavy atom. The zero-order valence-corrected chi connectivity index (χ0v) is 14.6. The summed E-state index contributed by atoms with van der Waals surface area (Å²) in [5, 5.41) is 2.60. The molecule has 146 valence electrons. The standard InChI is InChI=1S/C19H12F3N5O2/c20-19(21,22)29-14-6-2-1-5-12(14)13-11-27-10-9-24-16(17(27)25-13)18(28)26-15-7-3-4-8-23-15/h1-11H,(H,23,26,28). The Balaban J connectivity index is 1.73. The second-order valence-electron chi connectivity index (χ2n) is 5.85. The molecule has 0 aliphatic rings. The van der Waals surface area contributed by atoms with Crippen LogP contribution in [0.2, 0.25) is 0 Å². The van der Waals surface area contributed by atoms with Crippen LogP contribution in [0.1, 0.15) is 10.5 Å². The van der Waals surface area contributed by atoms with Gasteiger partial charge in [-0.25, -0.2) is 15.0 Å². The summed E-state index contributed by atoms with van der Waals surface area (Å²) in [7, 11) is 0. The Hall–Kier alpha value is -3.95. The number of amides is 1. The highest BCUT2D eigenvalue weighted by Gasteiger charge is 2.32. The smallest absolute Gasteiger partial charge is 0.405 e. The van der Waals surface area contributed by atoms with Crippen molar-refractivity contribution in [1.29, 1.82) is 0 Å². The van der Waals surface area contributed by atoms with E-state index in [0.29, 0.717) is 5.82 Å². The summed E-state index contributed by atoms with van der Waals surface area (Å²) >= 11 is 0. The van der Waals surface area contributed by atoms with E-state index in [0.717, 1.165) is 0 Å². The van der Waals surface area contributed by atoms with Gasteiger partial charge in [-0.15, -0.1) is 13.2 Å². The highest BCUT2D eigenvalue weighted by molar-refractivity contribution is 6.06. The van der Waals surface area contributed by atoms with Crippen LogP contribution in [0.4, 0.5) is 19.0 Å². The molecule has 0 aliphatic heterocycles. The van der Waals surface area contributed by atoms with Crippen LogP contribution in [0.15, 0.2) is 67.3 Å². The third-order valence-electron chi connectivity index (χ3n) is 3.89. The SMILES string of the molecule is O=C(Nc1ccccn1)c1nccn2cc(-c3ccccc3OC(F)(F)F)nc12. The number of para-hydroxylation sites is 1. The summed E-state index contributed by atoms with van der Waals surface area (Å²) in [6, 6.07) is 10.7. The van der Waals surface area contributed by atoms with E-state index in [1.165, 1.54) is 47.4 Å². The molecule has 1 amide bonds. The number of hydrogen-bond donors (Lipinski definition) is 1. The Morgan fingerprint density at radius 2 is 1.83 bits per heavy atom. The number of anilines is 1. The van der Waals surface area contributed by atoms with Gasteiger partial charge in [-0.05, 0) is 24.3 Å². The molecular formula is C19H12F3N5O2. The number of rotatable bonds is 4. The zero-order valence-electron chi connectivity index (χ0n) is 14.6. The summed E-state index contributed by atoms with van der Waals surface area (Å²) in [4.78, 5) is 25.0. The molecule has 0 radical (unpaired) electrons. The molecule has 0 saturated carbocycles. The summed E-state index contributed by atoms with van der Waals surface area (Å²) in [5.41, 5.74) is 0.505. The first-order valence-corrected chi connectivity index (χ1v) is 8.32. The molecule has 0 unspecified atom stereocenters. The van der Waals surface area contributed by atoms with Gasteiger partial charge in [0.1, 0.15) is 11.6 Å². The Kier molecular flexibility index (Phi) is 4.59. The van der Waals surface area contributed by atoms with Crippen LogP contribution in [0.25, 0.3) is 16.9 Å². The van der Waals surface area contributed by atoms with Gasteiger partial charge in [-0.2, -0.15) is 0 Å². The van der Waals surface area contributed by atoms with Gasteiger partial charge < -0.3 is 14.5 Å². The fourth-order valence-electron chi connectivity index (χ4n) is 2.71. The molecular weight excluding hydrogens is 387 g/mol. The Morgan fingerprint density at radius 1 is 1.03 bits per heavy atom. The maximum absolute atomic E-state index is 12.7. The number of ether oxygens (including phenoxy) is 1. The highest BCUT2D eigenvalue weighted by Crippen LogP contribution is 2.33. The van der Waals surface area contributed by atoms with E-state index in [4.69, 9.17) is 0 Å². The fourth-order valence-corrected chi connectivity index (χ4v) is 2.71. The number of nitrogens with one attached hydrogen (secondary N) is 1. The van der Waals surface area contributed by atoms with Crippen molar-refractivity contribution in [3.8, 4) is 17.0 Å². The molecule has 0 fully saturated rings. The number of fused-ring (bicyclic) bond motifs is 1. The molecule has 3 heterocycles. The van der Waals surface area contributed by atoms with Gasteiger partial charge in [0, 0.05) is 30.4 Å². The summed E-state index contributed by atoms with van der Waals surface area (Å²) in [5.74, 6) is -0.612. The van der Waals surface area contributed by atoms with Crippen molar-refractivity contribution in [2.75, 3.05) is 5.32 Å². The second kappa shape index (κ2) is 7.23. The summed E-state index contributed by atoms with van der Waals surface area (Å²) in [6.45, 7) is 0. The number of nitrogens with zero attached hydrogens (tertiary/aromatic N) is 4. The maximum Gasteiger partial charge on any atom is 0.573 e. The van der Waals surface area contributed by atoms with E-state index in [-0.39, 0.29) is 22.6 Å². The molecule has 0 spiro atoms. The number of carbonyl (C=O) groups excluding carboxylic acids is 1. The van der Waals surface area contributed by atoms with Crippen molar-refractivity contribution >= 4 is 17.4 Å². The van der Waals surface area contributed by atoms with Crippen LogP contribution >= 0.6 is 0 Å². The first-order valence-electron chi connectivity index (χ1n) is 8.32. The first-order chi connectivity index (χ1) is 13.9. The molecule has 0 aliphatic carbocycles. The van der Waals surface area contributed by atoms with Gasteiger partial charge in [0.05, 0.1) is 5.69 Å². The first kappa shape index (κ1) is 18.4. The topological polar surface area (TPSA) is 81.4 Å². The number of alkyl halides is 3. The van der Waals surface area contributed by atoms with E-state index < -0.39 is 18.0 Å². The molecule has 3 aromatic heterocycles. The second-order valence-corrected chi connectivity index (χ2v) is 5.85. The minimum atomic E-state index is -4.84. The molecule has 0 saturated heterocycles. The van der Waals surface area contributed by atoms with E-state index in [1.807, 2.05) is 0 Å². The molecule has 1 aromatic carbocycles. The van der Waals surface area contributed by atoms with Gasteiger partial charge in [0.2, 0.25) is 0 Å². The minimum Gasteiger partial charge on any atom is -0.405 e. The number of pyridine rings is 1. The third-order valence-corrected chi connectivity index (χ3v) is 3.89. The van der Waals surface area contributed by atoms with Gasteiger partial charge in [-0.1, -0.05) is 18.2 Å². The van der Waals surface area contributed by atoms with Crippen LogP contribution in [0, 0.1) is 0 Å². The van der Waals surface area contributed by atoms with Crippen molar-refractivity contribution in [2.24, 2.45) is 0 Å². The number of halogens is 3. The number of carbonyl (C=O) groups is 1. The van der Waals surface area contributed by atoms with Crippen LogP contribution in [-0.4, -0.2) is 31.6 Å². The highest BCUT2D eigenvalue weighted by atomic mass is 19.4. The van der Waals surface area contributed by atoms with Gasteiger partial charge >= 0.3 is 6.36 Å². The summed E-state index contributed by atoms with van der Waals surface area (Å²) < 4.78 is 43.7. The van der Waals surface area contributed by atoms with Gasteiger partial charge in [-0.3, -0.25) is 4.79 Å². The zero-order chi connectivity index (χ0) is 20.4. The van der Waals surface area contributed by atoms with Crippen LogP contribution in [0.3, 0.4) is 0 Å². The molecule has 10 heteroatoms. The van der Waals surface area contributed by atoms with E-state index in [2.05, 4.69) is 25.0 Å². The number of benzene rings is 1. The van der Waals surface area contributed by atoms with E-state index >= 15 is 0 Å². The van der Waals surface area contributed by atoms with Crippen molar-refractivity contribution in [2.45, 2.75) is 6.36 Å². The van der Waals surface area contributed by atoms with Crippen LogP contribution in [0.5, 0.6) is 5.75 Å². The normalized spacial score (nSPS) is 11.4. The quantitative estimate of drug-likeness (QED) is 0.562. The molecule has 4 rings (SSSR count). The van der Waals surface area contributed by atoms with Crippen molar-refractivity contribution in [3.63, 3.8) is 0 Å². The lowest BCUT2D eigenvalue weighted by molar-refractivity contribution is -0.274. The lowest BCUT2D eigenvalue weighted by Gasteiger charge is -2.11. The van der Waals surface area contributed by atoms with E-state index in [1.54, 1.807) is 24.3 Å². The average molecular weight is 399 g/mol.